The molecule has 2 heterocycles. The second-order valence-electron chi connectivity index (χ2n) is 6.05. The molecule has 0 radical (unpaired) electrons. The molecule has 3 N–H and O–H groups in total. The molecule has 0 saturated heterocycles. The lowest BCUT2D eigenvalue weighted by atomic mass is 10.1. The third-order valence-corrected chi connectivity index (χ3v) is 3.78. The molecule has 0 aliphatic rings. The number of nitrogens with zero attached hydrogens (tertiary/aromatic N) is 2. The van der Waals surface area contributed by atoms with Gasteiger partial charge in [0.25, 0.3) is 5.56 Å². The number of aromatic amines is 2. The first-order chi connectivity index (χ1) is 11.5. The standard InChI is InChI=1S/C17H19N5O2/c1-10(2)5-6-18-15-12-7-11(3-4-14(12)20-9-21-15)13-8-19-17(24)22-16(13)23/h3-4,7-10H,5-6H2,1-2H3,(H,18,20,21)(H2,19,22,23,24). The third-order valence-electron chi connectivity index (χ3n) is 3.78. The average molecular weight is 325 g/mol. The Kier molecular flexibility index (Phi) is 4.41. The summed E-state index contributed by atoms with van der Waals surface area (Å²) in [6, 6.07) is 5.50. The summed E-state index contributed by atoms with van der Waals surface area (Å²) in [6.07, 6.45) is 3.97. The molecule has 2 aromatic heterocycles. The van der Waals surface area contributed by atoms with E-state index in [9.17, 15) is 9.59 Å². The van der Waals surface area contributed by atoms with E-state index in [0.29, 0.717) is 17.0 Å². The van der Waals surface area contributed by atoms with Crippen LogP contribution in [0, 0.1) is 5.92 Å². The highest BCUT2D eigenvalue weighted by Crippen LogP contribution is 2.24. The van der Waals surface area contributed by atoms with Crippen molar-refractivity contribution in [2.45, 2.75) is 20.3 Å². The molecule has 0 bridgehead atoms. The number of anilines is 1. The molecule has 0 amide bonds. The van der Waals surface area contributed by atoms with Crippen molar-refractivity contribution >= 4 is 16.7 Å². The van der Waals surface area contributed by atoms with Gasteiger partial charge in [-0.05, 0) is 30.0 Å². The fourth-order valence-electron chi connectivity index (χ4n) is 2.47. The van der Waals surface area contributed by atoms with Crippen LogP contribution in [0.2, 0.25) is 0 Å². The molecular formula is C17H19N5O2. The SMILES string of the molecule is CC(C)CCNc1ncnc2ccc(-c3c[nH]c(=O)[nH]c3=O)cc12. The van der Waals surface area contributed by atoms with Crippen LogP contribution in [0.4, 0.5) is 5.82 Å². The van der Waals surface area contributed by atoms with Crippen LogP contribution in [0.3, 0.4) is 0 Å². The molecule has 3 rings (SSSR count). The van der Waals surface area contributed by atoms with Crippen molar-refractivity contribution < 1.29 is 0 Å². The molecule has 7 heteroatoms. The van der Waals surface area contributed by atoms with E-state index in [2.05, 4.69) is 39.1 Å². The normalized spacial score (nSPS) is 11.1. The second-order valence-corrected chi connectivity index (χ2v) is 6.05. The van der Waals surface area contributed by atoms with E-state index in [1.807, 2.05) is 12.1 Å². The van der Waals surface area contributed by atoms with E-state index in [-0.39, 0.29) is 0 Å². The van der Waals surface area contributed by atoms with Crippen molar-refractivity contribution in [2.75, 3.05) is 11.9 Å². The Hall–Kier alpha value is -2.96. The lowest BCUT2D eigenvalue weighted by Gasteiger charge is -2.10. The summed E-state index contributed by atoms with van der Waals surface area (Å²) in [5.74, 6) is 1.34. The van der Waals surface area contributed by atoms with E-state index >= 15 is 0 Å². The van der Waals surface area contributed by atoms with E-state index in [0.717, 1.165) is 29.7 Å². The molecule has 124 valence electrons. The van der Waals surface area contributed by atoms with Crippen molar-refractivity contribution in [1.29, 1.82) is 0 Å². The van der Waals surface area contributed by atoms with Gasteiger partial charge in [-0.25, -0.2) is 14.8 Å². The van der Waals surface area contributed by atoms with Crippen LogP contribution in [-0.4, -0.2) is 26.5 Å². The number of hydrogen-bond acceptors (Lipinski definition) is 5. The summed E-state index contributed by atoms with van der Waals surface area (Å²) in [5.41, 5.74) is 0.935. The number of nitrogens with one attached hydrogen (secondary N) is 3. The zero-order valence-corrected chi connectivity index (χ0v) is 13.6. The van der Waals surface area contributed by atoms with Crippen LogP contribution < -0.4 is 16.6 Å². The van der Waals surface area contributed by atoms with Gasteiger partial charge in [-0.15, -0.1) is 0 Å². The topological polar surface area (TPSA) is 104 Å². The summed E-state index contributed by atoms with van der Waals surface area (Å²) < 4.78 is 0. The molecule has 0 aliphatic carbocycles. The molecule has 0 aliphatic heterocycles. The third kappa shape index (κ3) is 3.34. The predicted octanol–water partition coefficient (Wildman–Crippen LogP) is 2.13. The zero-order valence-electron chi connectivity index (χ0n) is 13.6. The molecule has 0 unspecified atom stereocenters. The minimum Gasteiger partial charge on any atom is -0.369 e. The predicted molar refractivity (Wildman–Crippen MR) is 94.2 cm³/mol. The molecule has 0 saturated carbocycles. The Morgan fingerprint density at radius 2 is 2.04 bits per heavy atom. The van der Waals surface area contributed by atoms with E-state index in [4.69, 9.17) is 0 Å². The van der Waals surface area contributed by atoms with E-state index < -0.39 is 11.2 Å². The molecule has 0 spiro atoms. The van der Waals surface area contributed by atoms with Gasteiger partial charge in [0.15, 0.2) is 0 Å². The Labute approximate surface area is 138 Å². The number of benzene rings is 1. The zero-order chi connectivity index (χ0) is 17.1. The highest BCUT2D eigenvalue weighted by molar-refractivity contribution is 5.92. The lowest BCUT2D eigenvalue weighted by molar-refractivity contribution is 0.607. The van der Waals surface area contributed by atoms with Gasteiger partial charge in [0.1, 0.15) is 12.1 Å². The van der Waals surface area contributed by atoms with Crippen molar-refractivity contribution in [3.05, 3.63) is 51.6 Å². The number of H-pyrrole nitrogens is 2. The van der Waals surface area contributed by atoms with Crippen molar-refractivity contribution in [3.8, 4) is 11.1 Å². The van der Waals surface area contributed by atoms with Gasteiger partial charge in [0.05, 0.1) is 11.1 Å². The number of hydrogen-bond donors (Lipinski definition) is 3. The summed E-state index contributed by atoms with van der Waals surface area (Å²) in [5, 5.41) is 4.16. The van der Waals surface area contributed by atoms with Crippen LogP contribution in [0.5, 0.6) is 0 Å². The number of rotatable bonds is 5. The maximum absolute atomic E-state index is 12.0. The Morgan fingerprint density at radius 3 is 2.79 bits per heavy atom. The minimum atomic E-state index is -0.524. The summed E-state index contributed by atoms with van der Waals surface area (Å²) in [6.45, 7) is 5.15. The molecule has 1 aromatic carbocycles. The molecule has 3 aromatic rings. The summed E-state index contributed by atoms with van der Waals surface area (Å²) in [7, 11) is 0. The van der Waals surface area contributed by atoms with Gasteiger partial charge in [0, 0.05) is 18.1 Å². The Morgan fingerprint density at radius 1 is 1.21 bits per heavy atom. The quantitative estimate of drug-likeness (QED) is 0.667. The highest BCUT2D eigenvalue weighted by atomic mass is 16.2. The van der Waals surface area contributed by atoms with Crippen LogP contribution in [0.25, 0.3) is 22.0 Å². The van der Waals surface area contributed by atoms with Gasteiger partial charge in [-0.3, -0.25) is 9.78 Å². The van der Waals surface area contributed by atoms with E-state index in [1.54, 1.807) is 6.07 Å². The summed E-state index contributed by atoms with van der Waals surface area (Å²) >= 11 is 0. The van der Waals surface area contributed by atoms with Crippen LogP contribution in [0.15, 0.2) is 40.3 Å². The van der Waals surface area contributed by atoms with Gasteiger partial charge >= 0.3 is 5.69 Å². The number of fused-ring (bicyclic) bond motifs is 1. The lowest BCUT2D eigenvalue weighted by Crippen LogP contribution is -2.22. The molecule has 24 heavy (non-hydrogen) atoms. The van der Waals surface area contributed by atoms with Gasteiger partial charge in [0.2, 0.25) is 0 Å². The Balaban J connectivity index is 2.03. The Bertz CT molecular complexity index is 974. The summed E-state index contributed by atoms with van der Waals surface area (Å²) in [4.78, 5) is 36.5. The second kappa shape index (κ2) is 6.66. The largest absolute Gasteiger partial charge is 0.369 e. The van der Waals surface area contributed by atoms with Gasteiger partial charge in [-0.1, -0.05) is 19.9 Å². The molecular weight excluding hydrogens is 306 g/mol. The monoisotopic (exact) mass is 325 g/mol. The van der Waals surface area contributed by atoms with Crippen LogP contribution in [0.1, 0.15) is 20.3 Å². The van der Waals surface area contributed by atoms with E-state index in [1.165, 1.54) is 12.5 Å². The maximum Gasteiger partial charge on any atom is 0.325 e. The van der Waals surface area contributed by atoms with Gasteiger partial charge in [-0.2, -0.15) is 0 Å². The molecule has 0 fully saturated rings. The average Bonchev–Trinajstić information content (AvgIpc) is 2.54. The minimum absolute atomic E-state index is 0.397. The number of aromatic nitrogens is 4. The first-order valence-corrected chi connectivity index (χ1v) is 7.85. The van der Waals surface area contributed by atoms with Crippen molar-refractivity contribution in [2.24, 2.45) is 5.92 Å². The smallest absolute Gasteiger partial charge is 0.325 e. The highest BCUT2D eigenvalue weighted by Gasteiger charge is 2.09. The fourth-order valence-corrected chi connectivity index (χ4v) is 2.47. The molecule has 7 nitrogen and oxygen atoms in total. The fraction of sp³-hybridized carbons (Fsp3) is 0.294. The van der Waals surface area contributed by atoms with Crippen LogP contribution in [-0.2, 0) is 0 Å². The maximum atomic E-state index is 12.0. The van der Waals surface area contributed by atoms with Gasteiger partial charge < -0.3 is 10.3 Å². The van der Waals surface area contributed by atoms with Crippen LogP contribution >= 0.6 is 0 Å². The van der Waals surface area contributed by atoms with Crippen molar-refractivity contribution in [3.63, 3.8) is 0 Å². The first-order valence-electron chi connectivity index (χ1n) is 7.85. The van der Waals surface area contributed by atoms with Crippen molar-refractivity contribution in [1.82, 2.24) is 19.9 Å². The first kappa shape index (κ1) is 15.9. The molecule has 0 atom stereocenters.